The molecule has 6 aromatic rings. The molecular formula is C33H29N5O3. The summed E-state index contributed by atoms with van der Waals surface area (Å²) in [6.07, 6.45) is 1.57. The molecule has 0 spiro atoms. The molecule has 2 aromatic heterocycles. The molecule has 1 aliphatic rings. The number of aryl methyl sites for hydroxylation is 1. The number of amides is 1. The van der Waals surface area contributed by atoms with Gasteiger partial charge in [0.05, 0.1) is 22.2 Å². The third-order valence-corrected chi connectivity index (χ3v) is 7.97. The number of hydrogen-bond donors (Lipinski definition) is 1. The number of furan rings is 1. The van der Waals surface area contributed by atoms with Gasteiger partial charge in [0.25, 0.3) is 11.5 Å². The van der Waals surface area contributed by atoms with Gasteiger partial charge in [-0.25, -0.2) is 4.98 Å². The standard InChI is InChI=1S/C33H29N5O3/c1-21-18-22(35-32(39)26-8-5-7-25-24-6-3-4-9-30(24)41-31(25)26)10-13-29(21)38-20-34-28-12-11-23(19-27(28)33(38)40)37-16-14-36(2)15-17-37/h3-13,18-20H,14-17H2,1-2H3,(H,35,39). The molecule has 41 heavy (non-hydrogen) atoms. The Hall–Kier alpha value is -4.95. The van der Waals surface area contributed by atoms with Gasteiger partial charge in [-0.05, 0) is 68.1 Å². The lowest BCUT2D eigenvalue weighted by molar-refractivity contribution is 0.102. The van der Waals surface area contributed by atoms with E-state index in [2.05, 4.69) is 27.1 Å². The maximum absolute atomic E-state index is 13.6. The molecule has 1 aliphatic heterocycles. The van der Waals surface area contributed by atoms with E-state index < -0.39 is 0 Å². The summed E-state index contributed by atoms with van der Waals surface area (Å²) >= 11 is 0. The van der Waals surface area contributed by atoms with Crippen LogP contribution >= 0.6 is 0 Å². The third-order valence-electron chi connectivity index (χ3n) is 7.97. The maximum Gasteiger partial charge on any atom is 0.265 e. The van der Waals surface area contributed by atoms with Gasteiger partial charge < -0.3 is 19.5 Å². The molecule has 0 atom stereocenters. The molecule has 7 rings (SSSR count). The second-order valence-corrected chi connectivity index (χ2v) is 10.6. The number of fused-ring (bicyclic) bond motifs is 4. The first kappa shape index (κ1) is 25.0. The van der Waals surface area contributed by atoms with Crippen LogP contribution in [0.2, 0.25) is 0 Å². The van der Waals surface area contributed by atoms with Crippen LogP contribution in [0, 0.1) is 6.92 Å². The van der Waals surface area contributed by atoms with Crippen molar-refractivity contribution in [3.05, 3.63) is 107 Å². The molecule has 0 aliphatic carbocycles. The Morgan fingerprint density at radius 1 is 0.878 bits per heavy atom. The van der Waals surface area contributed by atoms with Crippen LogP contribution in [0.5, 0.6) is 0 Å². The summed E-state index contributed by atoms with van der Waals surface area (Å²) in [5.41, 5.74) is 5.53. The van der Waals surface area contributed by atoms with Gasteiger partial charge in [-0.1, -0.05) is 30.3 Å². The number of hydrogen-bond acceptors (Lipinski definition) is 6. The summed E-state index contributed by atoms with van der Waals surface area (Å²) in [5, 5.41) is 5.45. The van der Waals surface area contributed by atoms with Gasteiger partial charge in [-0.3, -0.25) is 14.2 Å². The van der Waals surface area contributed by atoms with E-state index in [0.717, 1.165) is 53.8 Å². The number of nitrogens with one attached hydrogen (secondary N) is 1. The molecule has 1 N–H and O–H groups in total. The number of nitrogens with zero attached hydrogens (tertiary/aromatic N) is 4. The highest BCUT2D eigenvalue weighted by molar-refractivity contribution is 6.16. The molecule has 1 fully saturated rings. The van der Waals surface area contributed by atoms with Crippen molar-refractivity contribution in [2.24, 2.45) is 0 Å². The molecule has 3 heterocycles. The van der Waals surface area contributed by atoms with Crippen LogP contribution in [0.25, 0.3) is 38.5 Å². The van der Waals surface area contributed by atoms with Crippen LogP contribution in [-0.2, 0) is 0 Å². The normalized spacial score (nSPS) is 14.2. The Morgan fingerprint density at radius 3 is 2.51 bits per heavy atom. The van der Waals surface area contributed by atoms with E-state index in [-0.39, 0.29) is 11.5 Å². The monoisotopic (exact) mass is 543 g/mol. The van der Waals surface area contributed by atoms with Crippen LogP contribution in [0.15, 0.2) is 94.4 Å². The molecule has 0 saturated carbocycles. The SMILES string of the molecule is Cc1cc(NC(=O)c2cccc3c2oc2ccccc23)ccc1-n1cnc2ccc(N3CCN(C)CC3)cc2c1=O. The predicted molar refractivity (Wildman–Crippen MR) is 163 cm³/mol. The molecule has 1 saturated heterocycles. The lowest BCUT2D eigenvalue weighted by Gasteiger charge is -2.34. The smallest absolute Gasteiger partial charge is 0.265 e. The minimum absolute atomic E-state index is 0.123. The number of carbonyl (C=O) groups excluding carboxylic acids is 1. The number of benzene rings is 4. The Labute approximate surface area is 236 Å². The highest BCUT2D eigenvalue weighted by Crippen LogP contribution is 2.31. The minimum Gasteiger partial charge on any atom is -0.455 e. The molecule has 0 unspecified atom stereocenters. The fraction of sp³-hybridized carbons (Fsp3) is 0.182. The molecule has 4 aromatic carbocycles. The number of anilines is 2. The van der Waals surface area contributed by atoms with E-state index in [1.54, 1.807) is 23.0 Å². The quantitative estimate of drug-likeness (QED) is 0.312. The number of piperazine rings is 1. The number of para-hydroxylation sites is 2. The van der Waals surface area contributed by atoms with Gasteiger partial charge in [0.2, 0.25) is 0 Å². The minimum atomic E-state index is -0.261. The van der Waals surface area contributed by atoms with E-state index in [1.807, 2.05) is 73.7 Å². The topological polar surface area (TPSA) is 83.6 Å². The zero-order chi connectivity index (χ0) is 28.1. The van der Waals surface area contributed by atoms with Gasteiger partial charge >= 0.3 is 0 Å². The van der Waals surface area contributed by atoms with Gasteiger partial charge in [-0.15, -0.1) is 0 Å². The number of rotatable bonds is 4. The van der Waals surface area contributed by atoms with Gasteiger partial charge in [0.15, 0.2) is 0 Å². The van der Waals surface area contributed by atoms with Crippen molar-refractivity contribution in [1.29, 1.82) is 0 Å². The summed E-state index contributed by atoms with van der Waals surface area (Å²) in [6.45, 7) is 5.75. The molecule has 204 valence electrons. The number of likely N-dealkylation sites (N-methyl/N-ethyl adjacent to an activating group) is 1. The van der Waals surface area contributed by atoms with Crippen LogP contribution in [0.1, 0.15) is 15.9 Å². The van der Waals surface area contributed by atoms with E-state index >= 15 is 0 Å². The largest absolute Gasteiger partial charge is 0.455 e. The van der Waals surface area contributed by atoms with Crippen molar-refractivity contribution in [3.8, 4) is 5.69 Å². The molecule has 8 heteroatoms. The fourth-order valence-electron chi connectivity index (χ4n) is 5.67. The Balaban J connectivity index is 1.18. The highest BCUT2D eigenvalue weighted by atomic mass is 16.3. The van der Waals surface area contributed by atoms with Gasteiger partial charge in [0.1, 0.15) is 17.5 Å². The van der Waals surface area contributed by atoms with Crippen LogP contribution in [0.3, 0.4) is 0 Å². The Morgan fingerprint density at radius 2 is 1.68 bits per heavy atom. The lowest BCUT2D eigenvalue weighted by atomic mass is 10.1. The van der Waals surface area contributed by atoms with Gasteiger partial charge in [-0.2, -0.15) is 0 Å². The first-order valence-electron chi connectivity index (χ1n) is 13.7. The van der Waals surface area contributed by atoms with E-state index in [0.29, 0.717) is 33.4 Å². The number of aromatic nitrogens is 2. The van der Waals surface area contributed by atoms with Crippen LogP contribution < -0.4 is 15.8 Å². The predicted octanol–water partition coefficient (Wildman–Crippen LogP) is 5.60. The fourth-order valence-corrected chi connectivity index (χ4v) is 5.67. The highest BCUT2D eigenvalue weighted by Gasteiger charge is 2.18. The van der Waals surface area contributed by atoms with Crippen LogP contribution in [-0.4, -0.2) is 53.6 Å². The Kier molecular flexibility index (Phi) is 6.05. The first-order valence-corrected chi connectivity index (χ1v) is 13.7. The summed E-state index contributed by atoms with van der Waals surface area (Å²) in [6, 6.07) is 24.8. The van der Waals surface area contributed by atoms with Gasteiger partial charge in [0, 0.05) is 48.3 Å². The Bertz CT molecular complexity index is 2020. The molecule has 0 bridgehead atoms. The summed E-state index contributed by atoms with van der Waals surface area (Å²) in [4.78, 5) is 36.1. The molecular weight excluding hydrogens is 514 g/mol. The second kappa shape index (κ2) is 9.91. The second-order valence-electron chi connectivity index (χ2n) is 10.6. The van der Waals surface area contributed by atoms with E-state index in [9.17, 15) is 9.59 Å². The maximum atomic E-state index is 13.6. The van der Waals surface area contributed by atoms with E-state index in [1.165, 1.54) is 0 Å². The zero-order valence-electron chi connectivity index (χ0n) is 22.9. The van der Waals surface area contributed by atoms with Crippen molar-refractivity contribution in [2.75, 3.05) is 43.4 Å². The average Bonchev–Trinajstić information content (AvgIpc) is 3.37. The first-order chi connectivity index (χ1) is 20.0. The summed E-state index contributed by atoms with van der Waals surface area (Å²) < 4.78 is 7.61. The van der Waals surface area contributed by atoms with Crippen molar-refractivity contribution in [3.63, 3.8) is 0 Å². The summed E-state index contributed by atoms with van der Waals surface area (Å²) in [7, 11) is 2.13. The third kappa shape index (κ3) is 4.42. The van der Waals surface area contributed by atoms with Crippen molar-refractivity contribution >= 4 is 50.1 Å². The van der Waals surface area contributed by atoms with Crippen molar-refractivity contribution in [1.82, 2.24) is 14.5 Å². The molecule has 8 nitrogen and oxygen atoms in total. The average molecular weight is 544 g/mol. The molecule has 1 amide bonds. The van der Waals surface area contributed by atoms with Crippen LogP contribution in [0.4, 0.5) is 11.4 Å². The lowest BCUT2D eigenvalue weighted by Crippen LogP contribution is -2.44. The zero-order valence-corrected chi connectivity index (χ0v) is 22.9. The molecule has 0 radical (unpaired) electrons. The van der Waals surface area contributed by atoms with Crippen molar-refractivity contribution < 1.29 is 9.21 Å². The number of carbonyl (C=O) groups is 1. The van der Waals surface area contributed by atoms with Crippen molar-refractivity contribution in [2.45, 2.75) is 6.92 Å². The summed E-state index contributed by atoms with van der Waals surface area (Å²) in [5.74, 6) is -0.261. The van der Waals surface area contributed by atoms with E-state index in [4.69, 9.17) is 4.42 Å².